The first kappa shape index (κ1) is 22.6. The van der Waals surface area contributed by atoms with Gasteiger partial charge >= 0.3 is 11.9 Å². The molecule has 1 aromatic heterocycles. The minimum absolute atomic E-state index is 0.0223. The van der Waals surface area contributed by atoms with E-state index >= 15 is 0 Å². The van der Waals surface area contributed by atoms with Crippen molar-refractivity contribution in [1.82, 2.24) is 14.8 Å². The molecule has 0 amide bonds. The predicted molar refractivity (Wildman–Crippen MR) is 117 cm³/mol. The lowest BCUT2D eigenvalue weighted by atomic mass is 10.1. The molecule has 3 aromatic carbocycles. The third-order valence-corrected chi connectivity index (χ3v) is 5.19. The first-order chi connectivity index (χ1) is 15.6. The van der Waals surface area contributed by atoms with E-state index in [1.165, 1.54) is 24.3 Å². The maximum Gasteiger partial charge on any atom is 0.416 e. The van der Waals surface area contributed by atoms with Crippen molar-refractivity contribution in [2.75, 3.05) is 0 Å². The van der Waals surface area contributed by atoms with E-state index in [1.54, 1.807) is 24.3 Å². The van der Waals surface area contributed by atoms with Gasteiger partial charge in [-0.05, 0) is 54.6 Å². The van der Waals surface area contributed by atoms with Gasteiger partial charge in [0.25, 0.3) is 0 Å². The van der Waals surface area contributed by atoms with Crippen LogP contribution >= 0.6 is 23.2 Å². The summed E-state index contributed by atoms with van der Waals surface area (Å²) in [6.07, 6.45) is -4.49. The molecule has 4 rings (SSSR count). The summed E-state index contributed by atoms with van der Waals surface area (Å²) >= 11 is 11.9. The van der Waals surface area contributed by atoms with Crippen LogP contribution in [-0.4, -0.2) is 14.8 Å². The molecule has 166 valence electrons. The van der Waals surface area contributed by atoms with Gasteiger partial charge in [-0.25, -0.2) is 9.18 Å². The number of hydrogen-bond donors (Lipinski definition) is 1. The van der Waals surface area contributed by atoms with E-state index in [1.807, 2.05) is 0 Å². The lowest BCUT2D eigenvalue weighted by molar-refractivity contribution is -0.137. The Kier molecular flexibility index (Phi) is 6.02. The molecule has 4 aromatic rings. The van der Waals surface area contributed by atoms with Gasteiger partial charge in [-0.2, -0.15) is 17.9 Å². The Morgan fingerprint density at radius 2 is 1.67 bits per heavy atom. The van der Waals surface area contributed by atoms with Crippen molar-refractivity contribution in [3.63, 3.8) is 0 Å². The number of halogens is 6. The molecule has 1 N–H and O–H groups in total. The average Bonchev–Trinajstić information content (AvgIpc) is 3.13. The molecule has 10 heteroatoms. The zero-order valence-electron chi connectivity index (χ0n) is 16.3. The SMILES string of the molecule is O=c1[nH]c(-c2c(F)cccc2Cl)nn1-c1ccc(C#Cc2ccc(C(F)(F)F)cc2Cl)cc1. The molecule has 0 saturated carbocycles. The fraction of sp³-hybridized carbons (Fsp3) is 0.0435. The van der Waals surface area contributed by atoms with Crippen LogP contribution in [0.2, 0.25) is 10.0 Å². The van der Waals surface area contributed by atoms with E-state index in [9.17, 15) is 22.4 Å². The summed E-state index contributed by atoms with van der Waals surface area (Å²) in [5.74, 6) is 4.87. The van der Waals surface area contributed by atoms with E-state index < -0.39 is 23.2 Å². The molecule has 1 heterocycles. The van der Waals surface area contributed by atoms with Crippen LogP contribution in [0.4, 0.5) is 17.6 Å². The number of alkyl halides is 3. The normalized spacial score (nSPS) is 11.2. The van der Waals surface area contributed by atoms with E-state index in [-0.39, 0.29) is 27.0 Å². The lowest BCUT2D eigenvalue weighted by Gasteiger charge is -2.07. The van der Waals surface area contributed by atoms with Crippen LogP contribution < -0.4 is 5.69 Å². The molecule has 0 radical (unpaired) electrons. The van der Waals surface area contributed by atoms with E-state index in [0.29, 0.717) is 11.3 Å². The Morgan fingerprint density at radius 3 is 2.30 bits per heavy atom. The second-order valence-corrected chi connectivity index (χ2v) is 7.59. The van der Waals surface area contributed by atoms with Crippen molar-refractivity contribution in [1.29, 1.82) is 0 Å². The molecule has 0 aliphatic carbocycles. The highest BCUT2D eigenvalue weighted by molar-refractivity contribution is 6.33. The third kappa shape index (κ3) is 4.80. The molecule has 33 heavy (non-hydrogen) atoms. The molecule has 4 nitrogen and oxygen atoms in total. The highest BCUT2D eigenvalue weighted by Crippen LogP contribution is 2.32. The summed E-state index contributed by atoms with van der Waals surface area (Å²) in [6, 6.07) is 13.4. The number of rotatable bonds is 2. The van der Waals surface area contributed by atoms with Gasteiger partial charge in [0.1, 0.15) is 5.82 Å². The zero-order chi connectivity index (χ0) is 23.8. The number of aromatic nitrogens is 3. The van der Waals surface area contributed by atoms with Crippen LogP contribution in [0, 0.1) is 17.7 Å². The topological polar surface area (TPSA) is 50.7 Å². The van der Waals surface area contributed by atoms with Crippen molar-refractivity contribution in [2.45, 2.75) is 6.18 Å². The molecule has 0 aliphatic heterocycles. The highest BCUT2D eigenvalue weighted by atomic mass is 35.5. The van der Waals surface area contributed by atoms with Crippen LogP contribution in [0.15, 0.2) is 65.5 Å². The predicted octanol–water partition coefficient (Wildman–Crippen LogP) is 6.09. The Balaban J connectivity index is 1.60. The molecule has 0 spiro atoms. The van der Waals surface area contributed by atoms with Crippen LogP contribution in [0.25, 0.3) is 17.1 Å². The Hall–Kier alpha value is -3.54. The number of hydrogen-bond acceptors (Lipinski definition) is 2. The van der Waals surface area contributed by atoms with E-state index in [2.05, 4.69) is 21.9 Å². The molecular weight excluding hydrogens is 481 g/mol. The Morgan fingerprint density at radius 1 is 0.939 bits per heavy atom. The number of nitrogens with one attached hydrogen (secondary N) is 1. The van der Waals surface area contributed by atoms with Gasteiger partial charge in [0, 0.05) is 11.1 Å². The maximum absolute atomic E-state index is 14.1. The van der Waals surface area contributed by atoms with Crippen molar-refractivity contribution in [2.24, 2.45) is 0 Å². The summed E-state index contributed by atoms with van der Waals surface area (Å²) in [5, 5.41) is 4.10. The van der Waals surface area contributed by atoms with Gasteiger partial charge in [0.05, 0.1) is 26.9 Å². The summed E-state index contributed by atoms with van der Waals surface area (Å²) in [5.41, 5.74) is -0.332. The zero-order valence-corrected chi connectivity index (χ0v) is 17.9. The van der Waals surface area contributed by atoms with Gasteiger partial charge in [0.15, 0.2) is 5.82 Å². The summed E-state index contributed by atoms with van der Waals surface area (Å²) in [7, 11) is 0. The van der Waals surface area contributed by atoms with Crippen molar-refractivity contribution >= 4 is 23.2 Å². The minimum Gasteiger partial charge on any atom is -0.288 e. The van der Waals surface area contributed by atoms with Gasteiger partial charge in [-0.15, -0.1) is 5.10 Å². The minimum atomic E-state index is -4.49. The summed E-state index contributed by atoms with van der Waals surface area (Å²) in [4.78, 5) is 14.8. The summed E-state index contributed by atoms with van der Waals surface area (Å²) in [6.45, 7) is 0. The first-order valence-corrected chi connectivity index (χ1v) is 10.0. The number of aromatic amines is 1. The van der Waals surface area contributed by atoms with Gasteiger partial charge in [-0.1, -0.05) is 41.1 Å². The van der Waals surface area contributed by atoms with Crippen LogP contribution in [-0.2, 0) is 6.18 Å². The quantitative estimate of drug-likeness (QED) is 0.272. The molecule has 0 saturated heterocycles. The van der Waals surface area contributed by atoms with Crippen LogP contribution in [0.5, 0.6) is 0 Å². The van der Waals surface area contributed by atoms with E-state index in [0.717, 1.165) is 16.8 Å². The van der Waals surface area contributed by atoms with Crippen molar-refractivity contribution < 1.29 is 17.6 Å². The molecule has 0 bridgehead atoms. The molecule has 0 atom stereocenters. The van der Waals surface area contributed by atoms with Crippen LogP contribution in [0.3, 0.4) is 0 Å². The Labute approximate surface area is 194 Å². The highest BCUT2D eigenvalue weighted by Gasteiger charge is 2.30. The molecule has 0 unspecified atom stereocenters. The third-order valence-electron chi connectivity index (χ3n) is 4.57. The fourth-order valence-electron chi connectivity index (χ4n) is 2.95. The molecule has 0 aliphatic rings. The maximum atomic E-state index is 14.1. The second kappa shape index (κ2) is 8.77. The fourth-order valence-corrected chi connectivity index (χ4v) is 3.43. The second-order valence-electron chi connectivity index (χ2n) is 6.78. The van der Waals surface area contributed by atoms with Gasteiger partial charge in [0.2, 0.25) is 0 Å². The summed E-state index contributed by atoms with van der Waals surface area (Å²) < 4.78 is 53.4. The smallest absolute Gasteiger partial charge is 0.288 e. The molecular formula is C23H11Cl2F4N3O. The lowest BCUT2D eigenvalue weighted by Crippen LogP contribution is -2.15. The number of nitrogens with zero attached hydrogens (tertiary/aromatic N) is 2. The number of benzene rings is 3. The van der Waals surface area contributed by atoms with E-state index in [4.69, 9.17) is 23.2 Å². The monoisotopic (exact) mass is 491 g/mol. The van der Waals surface area contributed by atoms with Crippen molar-refractivity contribution in [3.8, 4) is 28.9 Å². The standard InChI is InChI=1S/C23H11Cl2F4N3O/c24-17-2-1-3-19(26)20(17)21-30-22(33)32(31-21)16-10-5-13(6-11-16)4-7-14-8-9-15(12-18(14)25)23(27,28)29/h1-3,5-6,8-12H,(H,30,31,33). The average molecular weight is 492 g/mol. The van der Waals surface area contributed by atoms with Gasteiger partial charge < -0.3 is 0 Å². The molecule has 0 fully saturated rings. The van der Waals surface area contributed by atoms with Crippen LogP contribution in [0.1, 0.15) is 16.7 Å². The largest absolute Gasteiger partial charge is 0.416 e. The Bertz CT molecular complexity index is 1440. The number of H-pyrrole nitrogens is 1. The van der Waals surface area contributed by atoms with Crippen molar-refractivity contribution in [3.05, 3.63) is 104 Å². The van der Waals surface area contributed by atoms with Gasteiger partial charge in [-0.3, -0.25) is 4.98 Å². The first-order valence-electron chi connectivity index (χ1n) is 9.26.